The molecule has 1 heterocycles. The number of hydrogen-bond acceptors (Lipinski definition) is 5. The van der Waals surface area contributed by atoms with Gasteiger partial charge in [0, 0.05) is 36.2 Å². The Morgan fingerprint density at radius 2 is 2.00 bits per heavy atom. The molecule has 7 heteroatoms. The number of fused-ring (bicyclic) bond motifs is 1. The first-order chi connectivity index (χ1) is 14.0. The summed E-state index contributed by atoms with van der Waals surface area (Å²) in [6.07, 6.45) is 2.07. The fourth-order valence-electron chi connectivity index (χ4n) is 4.10. The number of para-hydroxylation sites is 2. The van der Waals surface area contributed by atoms with Crippen molar-refractivity contribution in [1.29, 1.82) is 0 Å². The standard InChI is InChI=1S/C22H21N3O4/c1-2-20(27)24-18-11-4-3-9-16(18)23-17-10-6-12-19(26)21(17)22(24)14-7-5-8-15(13-14)25(28)29/h3-5,7-9,11,13,22-23H,2,6,10,12H2,1H3/t22-/m1/s1. The smallest absolute Gasteiger partial charge is 0.269 e. The Bertz CT molecular complexity index is 1040. The van der Waals surface area contributed by atoms with E-state index in [1.807, 2.05) is 24.3 Å². The highest BCUT2D eigenvalue weighted by Crippen LogP contribution is 2.45. The van der Waals surface area contributed by atoms with E-state index < -0.39 is 11.0 Å². The van der Waals surface area contributed by atoms with E-state index in [1.54, 1.807) is 24.0 Å². The number of nitro benzene ring substituents is 1. The summed E-state index contributed by atoms with van der Waals surface area (Å²) in [6, 6.07) is 12.9. The zero-order valence-electron chi connectivity index (χ0n) is 16.1. The Morgan fingerprint density at radius 1 is 1.21 bits per heavy atom. The minimum Gasteiger partial charge on any atom is -0.357 e. The van der Waals surface area contributed by atoms with Crippen molar-refractivity contribution < 1.29 is 14.5 Å². The number of nitrogens with one attached hydrogen (secondary N) is 1. The maximum Gasteiger partial charge on any atom is 0.269 e. The average molecular weight is 391 g/mol. The number of anilines is 2. The highest BCUT2D eigenvalue weighted by atomic mass is 16.6. The van der Waals surface area contributed by atoms with Gasteiger partial charge in [-0.1, -0.05) is 31.2 Å². The molecule has 7 nitrogen and oxygen atoms in total. The summed E-state index contributed by atoms with van der Waals surface area (Å²) in [5, 5.41) is 14.7. The molecule has 2 aromatic rings. The number of ketones is 1. The van der Waals surface area contributed by atoms with Crippen molar-refractivity contribution >= 4 is 28.8 Å². The van der Waals surface area contributed by atoms with Gasteiger partial charge in [-0.25, -0.2) is 0 Å². The summed E-state index contributed by atoms with van der Waals surface area (Å²) in [5.74, 6) is -0.181. The van der Waals surface area contributed by atoms with E-state index in [1.165, 1.54) is 12.1 Å². The zero-order valence-corrected chi connectivity index (χ0v) is 16.1. The second-order valence-corrected chi connectivity index (χ2v) is 7.18. The van der Waals surface area contributed by atoms with E-state index in [-0.39, 0.29) is 23.8 Å². The van der Waals surface area contributed by atoms with E-state index in [0.29, 0.717) is 29.7 Å². The first kappa shape index (κ1) is 18.9. The normalized spacial score (nSPS) is 18.4. The van der Waals surface area contributed by atoms with Gasteiger partial charge in [0.1, 0.15) is 0 Å². The van der Waals surface area contributed by atoms with E-state index >= 15 is 0 Å². The third-order valence-corrected chi connectivity index (χ3v) is 5.40. The molecule has 0 saturated heterocycles. The van der Waals surface area contributed by atoms with Crippen LogP contribution in [-0.4, -0.2) is 16.6 Å². The lowest BCUT2D eigenvalue weighted by molar-refractivity contribution is -0.384. The molecule has 0 bridgehead atoms. The summed E-state index contributed by atoms with van der Waals surface area (Å²) < 4.78 is 0. The van der Waals surface area contributed by atoms with E-state index in [9.17, 15) is 19.7 Å². The van der Waals surface area contributed by atoms with Crippen LogP contribution in [0.2, 0.25) is 0 Å². The first-order valence-corrected chi connectivity index (χ1v) is 9.70. The summed E-state index contributed by atoms with van der Waals surface area (Å²) >= 11 is 0. The highest BCUT2D eigenvalue weighted by Gasteiger charge is 2.39. The number of carbonyl (C=O) groups is 2. The van der Waals surface area contributed by atoms with Gasteiger partial charge in [0.05, 0.1) is 22.3 Å². The Morgan fingerprint density at radius 3 is 2.76 bits per heavy atom. The van der Waals surface area contributed by atoms with Gasteiger partial charge in [-0.3, -0.25) is 24.6 Å². The monoisotopic (exact) mass is 391 g/mol. The van der Waals surface area contributed by atoms with Gasteiger partial charge in [0.15, 0.2) is 5.78 Å². The third-order valence-electron chi connectivity index (χ3n) is 5.40. The number of non-ortho nitro benzene ring substituents is 1. The lowest BCUT2D eigenvalue weighted by Crippen LogP contribution is -2.37. The number of nitro groups is 1. The molecule has 0 unspecified atom stereocenters. The van der Waals surface area contributed by atoms with Crippen LogP contribution in [0.25, 0.3) is 0 Å². The zero-order chi connectivity index (χ0) is 20.5. The largest absolute Gasteiger partial charge is 0.357 e. The summed E-state index contributed by atoms with van der Waals surface area (Å²) in [5.41, 5.74) is 3.22. The minimum absolute atomic E-state index is 0.0306. The molecule has 4 rings (SSSR count). The van der Waals surface area contributed by atoms with Gasteiger partial charge in [0.25, 0.3) is 5.69 Å². The second kappa shape index (κ2) is 7.50. The number of benzene rings is 2. The lowest BCUT2D eigenvalue weighted by atomic mass is 9.85. The van der Waals surface area contributed by atoms with Crippen LogP contribution in [0.1, 0.15) is 44.2 Å². The van der Waals surface area contributed by atoms with Crippen LogP contribution in [0.5, 0.6) is 0 Å². The van der Waals surface area contributed by atoms with Crippen molar-refractivity contribution in [3.63, 3.8) is 0 Å². The van der Waals surface area contributed by atoms with Crippen LogP contribution in [0, 0.1) is 10.1 Å². The Labute approximate surface area is 168 Å². The van der Waals surface area contributed by atoms with E-state index in [2.05, 4.69) is 5.32 Å². The maximum absolute atomic E-state index is 13.1. The van der Waals surface area contributed by atoms with Crippen molar-refractivity contribution in [2.75, 3.05) is 10.2 Å². The number of hydrogen-bond donors (Lipinski definition) is 1. The molecule has 29 heavy (non-hydrogen) atoms. The van der Waals surface area contributed by atoms with Crippen molar-refractivity contribution in [3.05, 3.63) is 75.5 Å². The van der Waals surface area contributed by atoms with Crippen LogP contribution < -0.4 is 10.2 Å². The molecule has 1 aliphatic carbocycles. The van der Waals surface area contributed by atoms with Crippen LogP contribution >= 0.6 is 0 Å². The molecular formula is C22H21N3O4. The number of amides is 1. The van der Waals surface area contributed by atoms with Crippen LogP contribution in [0.3, 0.4) is 0 Å². The van der Waals surface area contributed by atoms with E-state index in [0.717, 1.165) is 17.8 Å². The summed E-state index contributed by atoms with van der Waals surface area (Å²) in [7, 11) is 0. The molecule has 1 atom stereocenters. The molecule has 0 spiro atoms. The van der Waals surface area contributed by atoms with Crippen molar-refractivity contribution in [1.82, 2.24) is 0 Å². The molecule has 1 amide bonds. The number of rotatable bonds is 3. The molecular weight excluding hydrogens is 370 g/mol. The van der Waals surface area contributed by atoms with Crippen LogP contribution in [-0.2, 0) is 9.59 Å². The van der Waals surface area contributed by atoms with E-state index in [4.69, 9.17) is 0 Å². The SMILES string of the molecule is CCC(=O)N1c2ccccc2NC2=C(C(=O)CCC2)[C@H]1c1cccc([N+](=O)[O-])c1. The topological polar surface area (TPSA) is 92.6 Å². The van der Waals surface area contributed by atoms with Crippen molar-refractivity contribution in [3.8, 4) is 0 Å². The Balaban J connectivity index is 2.01. The molecule has 0 saturated carbocycles. The summed E-state index contributed by atoms with van der Waals surface area (Å²) in [6.45, 7) is 1.77. The average Bonchev–Trinajstić information content (AvgIpc) is 2.88. The van der Waals surface area contributed by atoms with Gasteiger partial charge in [-0.15, -0.1) is 0 Å². The highest BCUT2D eigenvalue weighted by molar-refractivity contribution is 6.06. The lowest BCUT2D eigenvalue weighted by Gasteiger charge is -2.33. The number of Topliss-reactive ketones (excluding diaryl/α,β-unsaturated/α-hetero) is 1. The minimum atomic E-state index is -0.707. The van der Waals surface area contributed by atoms with Gasteiger partial charge in [0.2, 0.25) is 5.91 Å². The number of carbonyl (C=O) groups excluding carboxylic acids is 2. The fraction of sp³-hybridized carbons (Fsp3) is 0.273. The van der Waals surface area contributed by atoms with Gasteiger partial charge in [-0.05, 0) is 30.5 Å². The van der Waals surface area contributed by atoms with Crippen LogP contribution in [0.15, 0.2) is 59.8 Å². The van der Waals surface area contributed by atoms with Crippen molar-refractivity contribution in [2.45, 2.75) is 38.6 Å². The first-order valence-electron chi connectivity index (χ1n) is 9.70. The molecule has 0 fully saturated rings. The molecule has 1 aliphatic heterocycles. The van der Waals surface area contributed by atoms with Gasteiger partial charge >= 0.3 is 0 Å². The Kier molecular flexibility index (Phi) is 4.88. The predicted octanol–water partition coefficient (Wildman–Crippen LogP) is 4.51. The molecule has 148 valence electrons. The fourth-order valence-corrected chi connectivity index (χ4v) is 4.10. The van der Waals surface area contributed by atoms with Crippen molar-refractivity contribution in [2.24, 2.45) is 0 Å². The number of nitrogens with zero attached hydrogens (tertiary/aromatic N) is 2. The Hall–Kier alpha value is -3.48. The van der Waals surface area contributed by atoms with Gasteiger partial charge < -0.3 is 5.32 Å². The quantitative estimate of drug-likeness (QED) is 0.614. The molecule has 2 aromatic carbocycles. The third kappa shape index (κ3) is 3.29. The predicted molar refractivity (Wildman–Crippen MR) is 110 cm³/mol. The second-order valence-electron chi connectivity index (χ2n) is 7.18. The van der Waals surface area contributed by atoms with Crippen LogP contribution in [0.4, 0.5) is 17.1 Å². The number of allylic oxidation sites excluding steroid dienone is 1. The maximum atomic E-state index is 13.1. The molecule has 0 aromatic heterocycles. The molecule has 1 N–H and O–H groups in total. The molecule has 0 radical (unpaired) electrons. The summed E-state index contributed by atoms with van der Waals surface area (Å²) in [4.78, 5) is 38.6. The van der Waals surface area contributed by atoms with Gasteiger partial charge in [-0.2, -0.15) is 0 Å². The molecule has 2 aliphatic rings.